The van der Waals surface area contributed by atoms with Crippen LogP contribution in [0.25, 0.3) is 17.1 Å². The predicted molar refractivity (Wildman–Crippen MR) is 103 cm³/mol. The van der Waals surface area contributed by atoms with Crippen molar-refractivity contribution in [2.45, 2.75) is 45.8 Å². The second-order valence-electron chi connectivity index (χ2n) is 7.23. The zero-order valence-electron chi connectivity index (χ0n) is 15.3. The van der Waals surface area contributed by atoms with Gasteiger partial charge in [0.05, 0.1) is 11.2 Å². The van der Waals surface area contributed by atoms with Crippen molar-refractivity contribution in [2.75, 3.05) is 5.75 Å². The number of nitrogens with one attached hydrogen (secondary N) is 1. The molecule has 1 aliphatic heterocycles. The molecule has 0 unspecified atom stereocenters. The molecule has 0 atom stereocenters. The van der Waals surface area contributed by atoms with Crippen LogP contribution in [-0.4, -0.2) is 39.2 Å². The molecule has 0 bridgehead atoms. The molecule has 3 rings (SSSR count). The fourth-order valence-corrected chi connectivity index (χ4v) is 3.24. The Balaban J connectivity index is 1.96. The molecule has 7 heteroatoms. The van der Waals surface area contributed by atoms with Crippen molar-refractivity contribution in [2.24, 2.45) is 0 Å². The predicted octanol–water partition coefficient (Wildman–Crippen LogP) is 3.86. The Morgan fingerprint density at radius 3 is 2.64 bits per heavy atom. The number of carbonyl (C=O) groups excluding carboxylic acids is 1. The molecule has 0 spiro atoms. The van der Waals surface area contributed by atoms with Crippen molar-refractivity contribution in [3.05, 3.63) is 35.6 Å². The minimum atomic E-state index is -0.474. The van der Waals surface area contributed by atoms with Crippen LogP contribution in [0.2, 0.25) is 0 Å². The lowest BCUT2D eigenvalue weighted by atomic mass is 9.78. The Morgan fingerprint density at radius 2 is 2.00 bits per heavy atom. The molecule has 0 radical (unpaired) electrons. The van der Waals surface area contributed by atoms with Crippen molar-refractivity contribution >= 4 is 41.1 Å². The van der Waals surface area contributed by atoms with Gasteiger partial charge in [-0.2, -0.15) is 0 Å². The summed E-state index contributed by atoms with van der Waals surface area (Å²) in [5.74, 6) is 0.527. The molecule has 0 aromatic carbocycles. The largest absolute Gasteiger partial charge is 0.491 e. The van der Waals surface area contributed by atoms with Gasteiger partial charge < -0.3 is 14.3 Å². The molecule has 0 aliphatic carbocycles. The molecule has 0 saturated carbocycles. The van der Waals surface area contributed by atoms with E-state index in [-0.39, 0.29) is 5.12 Å². The first-order valence-electron chi connectivity index (χ1n) is 8.31. The van der Waals surface area contributed by atoms with E-state index in [9.17, 15) is 4.79 Å². The summed E-state index contributed by atoms with van der Waals surface area (Å²) in [6, 6.07) is 3.93. The van der Waals surface area contributed by atoms with E-state index in [0.29, 0.717) is 5.75 Å². The van der Waals surface area contributed by atoms with Gasteiger partial charge in [-0.15, -0.1) is 0 Å². The molecule has 1 saturated heterocycles. The van der Waals surface area contributed by atoms with Crippen LogP contribution in [0.15, 0.2) is 30.0 Å². The zero-order chi connectivity index (χ0) is 18.2. The van der Waals surface area contributed by atoms with Crippen LogP contribution in [-0.2, 0) is 14.1 Å². The molecule has 1 fully saturated rings. The van der Waals surface area contributed by atoms with Gasteiger partial charge in [-0.3, -0.25) is 4.79 Å². The average molecular weight is 358 g/mol. The lowest BCUT2D eigenvalue weighted by Gasteiger charge is -2.32. The number of carbonyl (C=O) groups is 1. The van der Waals surface area contributed by atoms with Crippen molar-refractivity contribution in [1.82, 2.24) is 9.97 Å². The van der Waals surface area contributed by atoms with Gasteiger partial charge in [-0.25, -0.2) is 4.98 Å². The second-order valence-corrected chi connectivity index (χ2v) is 8.38. The molecule has 0 amide bonds. The molecule has 2 aromatic rings. The third-order valence-corrected chi connectivity index (χ3v) is 5.71. The SMILES string of the molecule is CC(=O)SCC(=Cc1c[nH]c2ncccc12)B1OC(C)(C)C(C)(C)O1. The van der Waals surface area contributed by atoms with Gasteiger partial charge in [0, 0.05) is 36.0 Å². The molecule has 1 N–H and O–H groups in total. The lowest BCUT2D eigenvalue weighted by Crippen LogP contribution is -2.41. The maximum absolute atomic E-state index is 11.5. The minimum Gasteiger partial charge on any atom is -0.400 e. The number of thioether (sulfide) groups is 1. The smallest absolute Gasteiger partial charge is 0.400 e. The van der Waals surface area contributed by atoms with E-state index in [1.54, 1.807) is 13.1 Å². The maximum atomic E-state index is 11.5. The molecule has 3 heterocycles. The number of pyridine rings is 1. The highest BCUT2D eigenvalue weighted by molar-refractivity contribution is 8.13. The van der Waals surface area contributed by atoms with E-state index >= 15 is 0 Å². The number of rotatable bonds is 4. The highest BCUT2D eigenvalue weighted by atomic mass is 32.2. The van der Waals surface area contributed by atoms with Gasteiger partial charge >= 0.3 is 7.12 Å². The van der Waals surface area contributed by atoms with Crippen molar-refractivity contribution in [3.8, 4) is 0 Å². The number of fused-ring (bicyclic) bond motifs is 1. The van der Waals surface area contributed by atoms with Gasteiger partial charge in [0.15, 0.2) is 5.12 Å². The summed E-state index contributed by atoms with van der Waals surface area (Å²) in [6.07, 6.45) is 5.72. The molecule has 132 valence electrons. The van der Waals surface area contributed by atoms with E-state index in [1.807, 2.05) is 52.1 Å². The van der Waals surface area contributed by atoms with Gasteiger partial charge in [0.1, 0.15) is 5.65 Å². The van der Waals surface area contributed by atoms with Crippen LogP contribution >= 0.6 is 11.8 Å². The Kier molecular flexibility index (Phi) is 4.83. The van der Waals surface area contributed by atoms with Gasteiger partial charge in [-0.05, 0) is 45.3 Å². The number of hydrogen-bond donors (Lipinski definition) is 1. The fourth-order valence-electron chi connectivity index (χ4n) is 2.65. The zero-order valence-corrected chi connectivity index (χ0v) is 16.1. The summed E-state index contributed by atoms with van der Waals surface area (Å²) in [4.78, 5) is 19.0. The summed E-state index contributed by atoms with van der Waals surface area (Å²) >= 11 is 1.26. The van der Waals surface area contributed by atoms with Crippen molar-refractivity contribution < 1.29 is 14.1 Å². The van der Waals surface area contributed by atoms with E-state index in [4.69, 9.17) is 9.31 Å². The molecule has 2 aromatic heterocycles. The topological polar surface area (TPSA) is 64.2 Å². The molecule has 25 heavy (non-hydrogen) atoms. The summed E-state index contributed by atoms with van der Waals surface area (Å²) < 4.78 is 12.4. The first kappa shape index (κ1) is 18.2. The van der Waals surface area contributed by atoms with Crippen LogP contribution in [0.5, 0.6) is 0 Å². The van der Waals surface area contributed by atoms with E-state index < -0.39 is 18.3 Å². The third kappa shape index (κ3) is 3.68. The second kappa shape index (κ2) is 6.63. The van der Waals surface area contributed by atoms with Crippen LogP contribution in [0.3, 0.4) is 0 Å². The highest BCUT2D eigenvalue weighted by Crippen LogP contribution is 2.39. The van der Waals surface area contributed by atoms with Crippen molar-refractivity contribution in [1.29, 1.82) is 0 Å². The lowest BCUT2D eigenvalue weighted by molar-refractivity contribution is -0.109. The van der Waals surface area contributed by atoms with Crippen LogP contribution < -0.4 is 0 Å². The normalized spacial score (nSPS) is 19.6. The fraction of sp³-hybridized carbons (Fsp3) is 0.444. The highest BCUT2D eigenvalue weighted by Gasteiger charge is 2.52. The van der Waals surface area contributed by atoms with Gasteiger partial charge in [-0.1, -0.05) is 17.8 Å². The summed E-state index contributed by atoms with van der Waals surface area (Å²) in [6.45, 7) is 9.68. The standard InChI is InChI=1S/C18H23BN2O3S/c1-12(22)25-11-14(19-23-17(2,3)18(4,5)24-19)9-13-10-21-16-15(13)7-6-8-20-16/h6-10H,11H2,1-5H3,(H,20,21). The Labute approximate surface area is 152 Å². The monoisotopic (exact) mass is 358 g/mol. The first-order chi connectivity index (χ1) is 11.7. The van der Waals surface area contributed by atoms with Gasteiger partial charge in [0.2, 0.25) is 0 Å². The van der Waals surface area contributed by atoms with Crippen LogP contribution in [0.4, 0.5) is 0 Å². The molecular weight excluding hydrogens is 335 g/mol. The molecule has 5 nitrogen and oxygen atoms in total. The quantitative estimate of drug-likeness (QED) is 0.841. The molecule has 1 aliphatic rings. The maximum Gasteiger partial charge on any atom is 0.491 e. The Morgan fingerprint density at radius 1 is 1.32 bits per heavy atom. The number of hydrogen-bond acceptors (Lipinski definition) is 5. The number of nitrogens with zero attached hydrogens (tertiary/aromatic N) is 1. The Hall–Kier alpha value is -1.57. The summed E-state index contributed by atoms with van der Waals surface area (Å²) in [5, 5.41) is 1.10. The molecular formula is C18H23BN2O3S. The third-order valence-electron chi connectivity index (χ3n) is 4.82. The summed E-state index contributed by atoms with van der Waals surface area (Å²) in [5.41, 5.74) is 1.94. The first-order valence-corrected chi connectivity index (χ1v) is 9.30. The van der Waals surface area contributed by atoms with E-state index in [1.165, 1.54) is 11.8 Å². The van der Waals surface area contributed by atoms with Gasteiger partial charge in [0.25, 0.3) is 0 Å². The van der Waals surface area contributed by atoms with E-state index in [2.05, 4.69) is 9.97 Å². The minimum absolute atomic E-state index is 0.0722. The number of aromatic amines is 1. The van der Waals surface area contributed by atoms with E-state index in [0.717, 1.165) is 22.1 Å². The number of aromatic nitrogens is 2. The number of H-pyrrole nitrogens is 1. The summed E-state index contributed by atoms with van der Waals surface area (Å²) in [7, 11) is -0.474. The van der Waals surface area contributed by atoms with Crippen LogP contribution in [0.1, 0.15) is 40.2 Å². The van der Waals surface area contributed by atoms with Crippen LogP contribution in [0, 0.1) is 0 Å². The van der Waals surface area contributed by atoms with Crippen molar-refractivity contribution in [3.63, 3.8) is 0 Å². The Bertz CT molecular complexity index is 813. The average Bonchev–Trinajstić information content (AvgIpc) is 3.02.